The summed E-state index contributed by atoms with van der Waals surface area (Å²) in [5.74, 6) is -0.385. The summed E-state index contributed by atoms with van der Waals surface area (Å²) in [6.45, 7) is 2.03. The molecule has 8 heteroatoms. The minimum absolute atomic E-state index is 0.0385. The highest BCUT2D eigenvalue weighted by Gasteiger charge is 2.40. The van der Waals surface area contributed by atoms with Crippen LogP contribution in [0.5, 0.6) is 0 Å². The van der Waals surface area contributed by atoms with Gasteiger partial charge < -0.3 is 5.32 Å². The van der Waals surface area contributed by atoms with E-state index in [0.29, 0.717) is 22.1 Å². The second kappa shape index (κ2) is 7.67. The van der Waals surface area contributed by atoms with Gasteiger partial charge >= 0.3 is 0 Å². The van der Waals surface area contributed by atoms with Crippen LogP contribution >= 0.6 is 11.6 Å². The van der Waals surface area contributed by atoms with Gasteiger partial charge in [-0.25, -0.2) is 9.58 Å². The average Bonchev–Trinajstić information content (AvgIpc) is 3.38. The second-order valence-corrected chi connectivity index (χ2v) is 8.68. The Morgan fingerprint density at radius 1 is 0.882 bits per heavy atom. The molecule has 0 fully saturated rings. The number of aryl methyl sites for hydroxylation is 1. The third-order valence-electron chi connectivity index (χ3n) is 6.02. The molecule has 3 aromatic carbocycles. The average molecular weight is 468 g/mol. The Labute approximate surface area is 200 Å². The molecular weight excluding hydrogens is 450 g/mol. The summed E-state index contributed by atoms with van der Waals surface area (Å²) in [6, 6.07) is 22.1. The quantitative estimate of drug-likeness (QED) is 0.424. The van der Waals surface area contributed by atoms with Gasteiger partial charge in [0, 0.05) is 10.7 Å². The fraction of sp³-hybridized carbons (Fsp3) is 0.0769. The number of nitrogens with zero attached hydrogens (tertiary/aromatic N) is 4. The van der Waals surface area contributed by atoms with E-state index in [4.69, 9.17) is 11.6 Å². The van der Waals surface area contributed by atoms with Gasteiger partial charge in [-0.2, -0.15) is 4.98 Å². The van der Waals surface area contributed by atoms with Crippen molar-refractivity contribution in [3.8, 4) is 0 Å². The Morgan fingerprint density at radius 3 is 2.18 bits per heavy atom. The van der Waals surface area contributed by atoms with Gasteiger partial charge in [-0.1, -0.05) is 65.7 Å². The Morgan fingerprint density at radius 2 is 1.53 bits per heavy atom. The first kappa shape index (κ1) is 20.4. The van der Waals surface area contributed by atoms with Crippen LogP contribution in [0.25, 0.3) is 5.70 Å². The Balaban J connectivity index is 1.45. The van der Waals surface area contributed by atoms with E-state index in [1.807, 2.05) is 61.5 Å². The number of rotatable bonds is 3. The van der Waals surface area contributed by atoms with Crippen molar-refractivity contribution in [3.05, 3.63) is 112 Å². The van der Waals surface area contributed by atoms with Gasteiger partial charge in [0.25, 0.3) is 17.8 Å². The standard InChI is InChI=1S/C26H18ClN5O2/c1-15-6-8-17(9-7-15)22-14-21(16-10-12-18(27)13-11-16)28-25-29-26(30-32(22)25)31-23(33)19-4-2-3-5-20(19)24(31)34/h2-14,22H,1H3,(H,28,29,30)/t22-/m0/s1. The van der Waals surface area contributed by atoms with Crippen LogP contribution < -0.4 is 10.2 Å². The van der Waals surface area contributed by atoms with Crippen LogP contribution in [0.1, 0.15) is 43.4 Å². The lowest BCUT2D eigenvalue weighted by Crippen LogP contribution is -2.30. The Hall–Kier alpha value is -4.23. The maximum absolute atomic E-state index is 13.0. The number of carbonyl (C=O) groups is 2. The summed E-state index contributed by atoms with van der Waals surface area (Å²) in [4.78, 5) is 31.6. The molecule has 7 nitrogen and oxygen atoms in total. The zero-order valence-electron chi connectivity index (χ0n) is 18.1. The van der Waals surface area contributed by atoms with Crippen LogP contribution in [0.2, 0.25) is 5.02 Å². The molecule has 0 aliphatic carbocycles. The summed E-state index contributed by atoms with van der Waals surface area (Å²) in [5, 5.41) is 8.54. The van der Waals surface area contributed by atoms with Gasteiger partial charge in [0.15, 0.2) is 0 Å². The van der Waals surface area contributed by atoms with Crippen molar-refractivity contribution < 1.29 is 9.59 Å². The maximum atomic E-state index is 13.0. The fourth-order valence-corrected chi connectivity index (χ4v) is 4.37. The fourth-order valence-electron chi connectivity index (χ4n) is 4.25. The molecule has 2 aliphatic rings. The number of amides is 2. The largest absolute Gasteiger partial charge is 0.324 e. The zero-order chi connectivity index (χ0) is 23.4. The molecule has 2 aliphatic heterocycles. The third kappa shape index (κ3) is 3.21. The van der Waals surface area contributed by atoms with E-state index >= 15 is 0 Å². The molecule has 1 N–H and O–H groups in total. The van der Waals surface area contributed by atoms with Crippen molar-refractivity contribution in [1.29, 1.82) is 0 Å². The first-order valence-electron chi connectivity index (χ1n) is 10.8. The maximum Gasteiger partial charge on any atom is 0.268 e. The lowest BCUT2D eigenvalue weighted by atomic mass is 10.0. The number of hydrogen-bond acceptors (Lipinski definition) is 5. The van der Waals surface area contributed by atoms with E-state index in [0.717, 1.165) is 27.3 Å². The van der Waals surface area contributed by atoms with Gasteiger partial charge in [0.2, 0.25) is 5.95 Å². The molecule has 0 saturated carbocycles. The number of anilines is 2. The number of halogens is 1. The van der Waals surface area contributed by atoms with Crippen LogP contribution in [0.15, 0.2) is 78.9 Å². The topological polar surface area (TPSA) is 80.1 Å². The molecular formula is C26H18ClN5O2. The van der Waals surface area contributed by atoms with E-state index in [1.54, 1.807) is 28.9 Å². The van der Waals surface area contributed by atoms with Crippen molar-refractivity contribution in [2.45, 2.75) is 13.0 Å². The first-order valence-corrected chi connectivity index (χ1v) is 11.1. The molecule has 0 saturated heterocycles. The molecule has 0 unspecified atom stereocenters. The molecule has 0 spiro atoms. The number of aromatic nitrogens is 3. The van der Waals surface area contributed by atoms with Crippen LogP contribution in [0.4, 0.5) is 11.9 Å². The number of imide groups is 1. The molecule has 1 aromatic heterocycles. The van der Waals surface area contributed by atoms with Crippen LogP contribution in [0.3, 0.4) is 0 Å². The van der Waals surface area contributed by atoms with Crippen molar-refractivity contribution in [2.75, 3.05) is 10.2 Å². The molecule has 6 rings (SSSR count). The highest BCUT2D eigenvalue weighted by molar-refractivity contribution is 6.33. The number of allylic oxidation sites excluding steroid dienone is 1. The van der Waals surface area contributed by atoms with Crippen molar-refractivity contribution in [3.63, 3.8) is 0 Å². The lowest BCUT2D eigenvalue weighted by Gasteiger charge is -2.24. The number of hydrogen-bond donors (Lipinski definition) is 1. The van der Waals surface area contributed by atoms with Gasteiger partial charge in [-0.05, 0) is 48.4 Å². The van der Waals surface area contributed by atoms with Crippen molar-refractivity contribution in [1.82, 2.24) is 14.8 Å². The van der Waals surface area contributed by atoms with E-state index in [9.17, 15) is 9.59 Å². The molecule has 4 aromatic rings. The third-order valence-corrected chi connectivity index (χ3v) is 6.27. The minimum Gasteiger partial charge on any atom is -0.324 e. The summed E-state index contributed by atoms with van der Waals surface area (Å²) < 4.78 is 1.70. The predicted molar refractivity (Wildman–Crippen MR) is 130 cm³/mol. The Kier molecular flexibility index (Phi) is 4.60. The zero-order valence-corrected chi connectivity index (χ0v) is 18.8. The van der Waals surface area contributed by atoms with Gasteiger partial charge in [-0.15, -0.1) is 5.10 Å². The van der Waals surface area contributed by atoms with E-state index in [1.165, 1.54) is 0 Å². The summed E-state index contributed by atoms with van der Waals surface area (Å²) in [7, 11) is 0. The normalized spacial score (nSPS) is 16.7. The summed E-state index contributed by atoms with van der Waals surface area (Å²) in [6.07, 6.45) is 2.04. The highest BCUT2D eigenvalue weighted by Crippen LogP contribution is 2.35. The molecule has 0 radical (unpaired) electrons. The monoisotopic (exact) mass is 467 g/mol. The number of benzene rings is 3. The second-order valence-electron chi connectivity index (χ2n) is 8.24. The SMILES string of the molecule is Cc1ccc([C@@H]2C=C(c3ccc(Cl)cc3)Nc3nc(N4C(=O)c5ccccc5C4=O)nn32)cc1. The molecule has 1 atom stereocenters. The van der Waals surface area contributed by atoms with Gasteiger partial charge in [0.05, 0.1) is 11.1 Å². The molecule has 3 heterocycles. The highest BCUT2D eigenvalue weighted by atomic mass is 35.5. The van der Waals surface area contributed by atoms with Gasteiger partial charge in [0.1, 0.15) is 6.04 Å². The first-order chi connectivity index (χ1) is 16.5. The van der Waals surface area contributed by atoms with Crippen LogP contribution in [-0.2, 0) is 0 Å². The van der Waals surface area contributed by atoms with Gasteiger partial charge in [-0.3, -0.25) is 9.59 Å². The molecule has 166 valence electrons. The molecule has 34 heavy (non-hydrogen) atoms. The minimum atomic E-state index is -0.429. The number of nitrogens with one attached hydrogen (secondary N) is 1. The summed E-state index contributed by atoms with van der Waals surface area (Å²) >= 11 is 6.08. The smallest absolute Gasteiger partial charge is 0.268 e. The van der Waals surface area contributed by atoms with Crippen molar-refractivity contribution >= 4 is 41.0 Å². The summed E-state index contributed by atoms with van der Waals surface area (Å²) in [5.41, 5.74) is 4.60. The van der Waals surface area contributed by atoms with E-state index < -0.39 is 11.8 Å². The lowest BCUT2D eigenvalue weighted by molar-refractivity contribution is 0.0924. The molecule has 2 amide bonds. The Bertz CT molecular complexity index is 1450. The predicted octanol–water partition coefficient (Wildman–Crippen LogP) is 5.10. The number of fused-ring (bicyclic) bond motifs is 2. The van der Waals surface area contributed by atoms with E-state index in [2.05, 4.69) is 15.4 Å². The number of carbonyl (C=O) groups excluding carboxylic acids is 2. The van der Waals surface area contributed by atoms with Crippen LogP contribution in [-0.4, -0.2) is 26.6 Å². The van der Waals surface area contributed by atoms with Crippen molar-refractivity contribution in [2.24, 2.45) is 0 Å². The van der Waals surface area contributed by atoms with E-state index in [-0.39, 0.29) is 12.0 Å². The molecule has 0 bridgehead atoms. The van der Waals surface area contributed by atoms with Crippen LogP contribution in [0, 0.1) is 6.92 Å².